The highest BCUT2D eigenvalue weighted by molar-refractivity contribution is 6.05. The van der Waals surface area contributed by atoms with Crippen molar-refractivity contribution in [2.45, 2.75) is 63.8 Å². The number of carbonyl (C=O) groups is 5. The second-order valence-electron chi connectivity index (χ2n) is 10.1. The minimum atomic E-state index is -5.08. The van der Waals surface area contributed by atoms with Crippen molar-refractivity contribution in [3.05, 3.63) is 53.2 Å². The lowest BCUT2D eigenvalue weighted by Gasteiger charge is -2.29. The normalized spacial score (nSPS) is 18.2. The molecule has 5 heterocycles. The summed E-state index contributed by atoms with van der Waals surface area (Å²) >= 11 is 0. The molecule has 226 valence electrons. The van der Waals surface area contributed by atoms with Gasteiger partial charge in [0.15, 0.2) is 5.69 Å². The van der Waals surface area contributed by atoms with Gasteiger partial charge in [-0.25, -0.2) is 14.5 Å². The van der Waals surface area contributed by atoms with E-state index in [1.54, 1.807) is 24.4 Å². The molecule has 0 aliphatic carbocycles. The lowest BCUT2D eigenvalue weighted by molar-refractivity contribution is -0.192. The van der Waals surface area contributed by atoms with Crippen LogP contribution in [0.5, 0.6) is 0 Å². The largest absolute Gasteiger partial charge is 0.490 e. The van der Waals surface area contributed by atoms with Gasteiger partial charge in [-0.1, -0.05) is 17.7 Å². The van der Waals surface area contributed by atoms with Crippen LogP contribution in [0.2, 0.25) is 0 Å². The number of benzene rings is 1. The van der Waals surface area contributed by atoms with Crippen molar-refractivity contribution in [3.63, 3.8) is 0 Å². The summed E-state index contributed by atoms with van der Waals surface area (Å²) in [5.41, 5.74) is 1.95. The van der Waals surface area contributed by atoms with E-state index in [1.165, 1.54) is 15.8 Å². The number of nitrogens with one attached hydrogen (secondary N) is 2. The molecule has 0 spiro atoms. The van der Waals surface area contributed by atoms with Gasteiger partial charge in [-0.3, -0.25) is 24.5 Å². The number of carbonyl (C=O) groups excluding carboxylic acids is 4. The molecule has 6 rings (SSSR count). The molecular weight excluding hydrogens is 577 g/mol. The summed E-state index contributed by atoms with van der Waals surface area (Å²) in [4.78, 5) is 64.5. The SMILES string of the molecule is O=C(O)C(F)(F)F.O=C1CCC(N2Cc3ccc(-n4cc(C(=O)Nc5cnc6n5CCCCC6)nn4)cc3C2=O)C(=O)N1. The number of fused-ring (bicyclic) bond motifs is 2. The number of imide groups is 1. The molecule has 3 aromatic rings. The Morgan fingerprint density at radius 1 is 1.09 bits per heavy atom. The Kier molecular flexibility index (Phi) is 7.97. The van der Waals surface area contributed by atoms with E-state index in [1.807, 2.05) is 4.57 Å². The number of piperidine rings is 1. The maximum Gasteiger partial charge on any atom is 0.490 e. The van der Waals surface area contributed by atoms with Crippen LogP contribution in [-0.4, -0.2) is 76.4 Å². The third kappa shape index (κ3) is 6.24. The van der Waals surface area contributed by atoms with Gasteiger partial charge in [-0.2, -0.15) is 13.2 Å². The van der Waals surface area contributed by atoms with E-state index in [4.69, 9.17) is 9.90 Å². The number of carboxylic acids is 1. The molecule has 3 N–H and O–H groups in total. The average Bonchev–Trinajstić information content (AvgIpc) is 3.62. The van der Waals surface area contributed by atoms with Crippen molar-refractivity contribution in [2.75, 3.05) is 5.32 Å². The van der Waals surface area contributed by atoms with Gasteiger partial charge in [-0.15, -0.1) is 5.10 Å². The highest BCUT2D eigenvalue weighted by Gasteiger charge is 2.39. The summed E-state index contributed by atoms with van der Waals surface area (Å²) < 4.78 is 35.2. The summed E-state index contributed by atoms with van der Waals surface area (Å²) in [6, 6.07) is 4.59. The molecule has 0 radical (unpaired) electrons. The molecule has 43 heavy (non-hydrogen) atoms. The number of carboxylic acid groups (broad SMARTS) is 1. The minimum Gasteiger partial charge on any atom is -0.475 e. The van der Waals surface area contributed by atoms with E-state index >= 15 is 0 Å². The molecule has 1 aromatic carbocycles. The topological polar surface area (TPSA) is 181 Å². The Morgan fingerprint density at radius 3 is 2.58 bits per heavy atom. The lowest BCUT2D eigenvalue weighted by Crippen LogP contribution is -2.52. The number of aromatic nitrogens is 5. The molecule has 0 saturated carbocycles. The van der Waals surface area contributed by atoms with Gasteiger partial charge in [0, 0.05) is 31.5 Å². The predicted molar refractivity (Wildman–Crippen MR) is 139 cm³/mol. The molecule has 17 heteroatoms. The van der Waals surface area contributed by atoms with Crippen LogP contribution in [0.25, 0.3) is 5.69 Å². The molecule has 4 amide bonds. The number of hydrogen-bond donors (Lipinski definition) is 3. The molecule has 2 aromatic heterocycles. The summed E-state index contributed by atoms with van der Waals surface area (Å²) in [6.07, 6.45) is 2.77. The molecular formula is C26H25F3N8O6. The van der Waals surface area contributed by atoms with Crippen LogP contribution in [-0.2, 0) is 33.9 Å². The minimum absolute atomic E-state index is 0.135. The van der Waals surface area contributed by atoms with E-state index in [0.29, 0.717) is 30.0 Å². The van der Waals surface area contributed by atoms with Crippen LogP contribution >= 0.6 is 0 Å². The Hall–Kier alpha value is -5.09. The Morgan fingerprint density at radius 2 is 1.86 bits per heavy atom. The van der Waals surface area contributed by atoms with Crippen LogP contribution < -0.4 is 10.6 Å². The summed E-state index contributed by atoms with van der Waals surface area (Å²) in [5, 5.41) is 20.4. The van der Waals surface area contributed by atoms with Crippen molar-refractivity contribution < 1.29 is 42.3 Å². The predicted octanol–water partition coefficient (Wildman–Crippen LogP) is 1.84. The molecule has 1 fully saturated rings. The molecule has 3 aliphatic heterocycles. The van der Waals surface area contributed by atoms with Crippen molar-refractivity contribution in [2.24, 2.45) is 0 Å². The number of aliphatic carboxylic acids is 1. The zero-order valence-corrected chi connectivity index (χ0v) is 22.4. The van der Waals surface area contributed by atoms with Gasteiger partial charge in [0.25, 0.3) is 11.8 Å². The highest BCUT2D eigenvalue weighted by atomic mass is 19.4. The summed E-state index contributed by atoms with van der Waals surface area (Å²) in [7, 11) is 0. The fourth-order valence-corrected chi connectivity index (χ4v) is 5.05. The van der Waals surface area contributed by atoms with E-state index in [2.05, 4.69) is 25.9 Å². The van der Waals surface area contributed by atoms with Crippen molar-refractivity contribution in [1.29, 1.82) is 0 Å². The Balaban J connectivity index is 0.000000472. The maximum atomic E-state index is 13.1. The van der Waals surface area contributed by atoms with E-state index < -0.39 is 30.0 Å². The number of halogens is 3. The monoisotopic (exact) mass is 602 g/mol. The standard InChI is InChI=1S/C24H24N8O4.C2HF3O2/c33-21-8-7-18(23(35)27-21)31-12-14-5-6-15(10-16(14)24(31)36)32-13-17(28-29-32)22(34)26-20-11-25-19-4-2-1-3-9-30(19)20;3-2(4,5)1(6)7/h5-6,10-11,13,18H,1-4,7-9,12H2,(H,26,34)(H,27,33,35);(H,6,7). The number of aryl methyl sites for hydroxylation is 1. The number of amides is 4. The van der Waals surface area contributed by atoms with Gasteiger partial charge >= 0.3 is 12.1 Å². The van der Waals surface area contributed by atoms with E-state index in [-0.39, 0.29) is 23.9 Å². The van der Waals surface area contributed by atoms with E-state index in [9.17, 15) is 32.3 Å². The summed E-state index contributed by atoms with van der Waals surface area (Å²) in [6.45, 7) is 1.11. The third-order valence-corrected chi connectivity index (χ3v) is 7.21. The first-order valence-corrected chi connectivity index (χ1v) is 13.3. The zero-order valence-electron chi connectivity index (χ0n) is 22.4. The fraction of sp³-hybridized carbons (Fsp3) is 0.385. The maximum absolute atomic E-state index is 13.1. The second-order valence-corrected chi connectivity index (χ2v) is 10.1. The molecule has 1 atom stereocenters. The quantitative estimate of drug-likeness (QED) is 0.375. The van der Waals surface area contributed by atoms with Crippen LogP contribution in [0.15, 0.2) is 30.6 Å². The van der Waals surface area contributed by atoms with Gasteiger partial charge in [0.05, 0.1) is 18.1 Å². The smallest absolute Gasteiger partial charge is 0.475 e. The zero-order chi connectivity index (χ0) is 30.9. The first kappa shape index (κ1) is 29.4. The number of alkyl halides is 3. The van der Waals surface area contributed by atoms with Gasteiger partial charge in [-0.05, 0) is 37.0 Å². The second kappa shape index (κ2) is 11.7. The van der Waals surface area contributed by atoms with Gasteiger partial charge in [0.1, 0.15) is 17.7 Å². The Bertz CT molecular complexity index is 1610. The van der Waals surface area contributed by atoms with Crippen LogP contribution in [0.3, 0.4) is 0 Å². The Labute approximate surface area is 240 Å². The number of rotatable bonds is 4. The van der Waals surface area contributed by atoms with Crippen molar-refractivity contribution in [1.82, 2.24) is 34.8 Å². The summed E-state index contributed by atoms with van der Waals surface area (Å²) in [5.74, 6) is -2.58. The number of imidazole rings is 1. The number of anilines is 1. The molecule has 1 saturated heterocycles. The third-order valence-electron chi connectivity index (χ3n) is 7.21. The van der Waals surface area contributed by atoms with Crippen molar-refractivity contribution >= 4 is 35.4 Å². The number of nitrogens with zero attached hydrogens (tertiary/aromatic N) is 6. The fourth-order valence-electron chi connectivity index (χ4n) is 5.05. The number of hydrogen-bond acceptors (Lipinski definition) is 8. The van der Waals surface area contributed by atoms with Crippen molar-refractivity contribution in [3.8, 4) is 5.69 Å². The average molecular weight is 603 g/mol. The molecule has 0 bridgehead atoms. The molecule has 3 aliphatic rings. The van der Waals surface area contributed by atoms with Crippen LogP contribution in [0.4, 0.5) is 19.0 Å². The van der Waals surface area contributed by atoms with Gasteiger partial charge in [0.2, 0.25) is 11.8 Å². The highest BCUT2D eigenvalue weighted by Crippen LogP contribution is 2.29. The lowest BCUT2D eigenvalue weighted by atomic mass is 10.0. The van der Waals surface area contributed by atoms with E-state index in [0.717, 1.165) is 43.6 Å². The van der Waals surface area contributed by atoms with Crippen LogP contribution in [0.1, 0.15) is 64.3 Å². The molecule has 1 unspecified atom stereocenters. The molecule has 14 nitrogen and oxygen atoms in total. The first-order valence-electron chi connectivity index (χ1n) is 13.3. The first-order chi connectivity index (χ1) is 20.4. The van der Waals surface area contributed by atoms with Crippen LogP contribution in [0, 0.1) is 0 Å². The van der Waals surface area contributed by atoms with Gasteiger partial charge < -0.3 is 19.9 Å².